The second-order valence-electron chi connectivity index (χ2n) is 3.98. The highest BCUT2D eigenvalue weighted by Crippen LogP contribution is 2.21. The highest BCUT2D eigenvalue weighted by atomic mass is 79.9. The number of halogens is 2. The smallest absolute Gasteiger partial charge is 0.337 e. The lowest BCUT2D eigenvalue weighted by Gasteiger charge is -2.08. The average Bonchev–Trinajstić information content (AvgIpc) is 2.37. The van der Waals surface area contributed by atoms with Gasteiger partial charge in [-0.25, -0.2) is 4.79 Å². The lowest BCUT2D eigenvalue weighted by molar-refractivity contribution is 0.0697. The summed E-state index contributed by atoms with van der Waals surface area (Å²) in [6.45, 7) is 0.649. The maximum atomic E-state index is 10.8. The van der Waals surface area contributed by atoms with Crippen LogP contribution >= 0.6 is 27.5 Å². The minimum Gasteiger partial charge on any atom is -0.478 e. The molecule has 0 heterocycles. The van der Waals surface area contributed by atoms with Gasteiger partial charge in [-0.3, -0.25) is 0 Å². The molecule has 0 saturated carbocycles. The Morgan fingerprint density at radius 3 is 2.47 bits per heavy atom. The van der Waals surface area contributed by atoms with E-state index in [1.807, 2.05) is 24.3 Å². The zero-order valence-corrected chi connectivity index (χ0v) is 12.2. The highest BCUT2D eigenvalue weighted by Gasteiger charge is 2.08. The highest BCUT2D eigenvalue weighted by molar-refractivity contribution is 9.10. The number of carboxylic acid groups (broad SMARTS) is 1. The van der Waals surface area contributed by atoms with Gasteiger partial charge in [-0.2, -0.15) is 0 Å². The van der Waals surface area contributed by atoms with Crippen LogP contribution in [0.4, 0.5) is 5.69 Å². The van der Waals surface area contributed by atoms with Gasteiger partial charge in [0.1, 0.15) is 0 Å². The van der Waals surface area contributed by atoms with Gasteiger partial charge in [0.15, 0.2) is 0 Å². The van der Waals surface area contributed by atoms with Crippen LogP contribution in [-0.4, -0.2) is 11.1 Å². The number of carboxylic acids is 1. The predicted octanol–water partition coefficient (Wildman–Crippen LogP) is 4.41. The molecular weight excluding hydrogens is 330 g/mol. The number of aromatic carboxylic acids is 1. The third-order valence-corrected chi connectivity index (χ3v) is 3.45. The molecule has 0 atom stereocenters. The summed E-state index contributed by atoms with van der Waals surface area (Å²) < 4.78 is 1.03. The van der Waals surface area contributed by atoms with E-state index in [1.165, 1.54) is 6.07 Å². The monoisotopic (exact) mass is 339 g/mol. The molecule has 0 spiro atoms. The van der Waals surface area contributed by atoms with Crippen LogP contribution < -0.4 is 5.32 Å². The van der Waals surface area contributed by atoms with Crippen LogP contribution in [0.3, 0.4) is 0 Å². The Morgan fingerprint density at radius 2 is 1.89 bits per heavy atom. The van der Waals surface area contributed by atoms with E-state index in [2.05, 4.69) is 21.2 Å². The van der Waals surface area contributed by atoms with Gasteiger partial charge in [0.25, 0.3) is 0 Å². The van der Waals surface area contributed by atoms with Gasteiger partial charge in [-0.15, -0.1) is 0 Å². The van der Waals surface area contributed by atoms with Crippen LogP contribution in [0.15, 0.2) is 46.9 Å². The van der Waals surface area contributed by atoms with Crippen molar-refractivity contribution in [2.24, 2.45) is 0 Å². The number of hydrogen-bond donors (Lipinski definition) is 2. The standard InChI is InChI=1S/C14H11BrClNO2/c15-10-3-1-9(2-4-10)8-17-11-5-6-12(14(18)19)13(16)7-11/h1-7,17H,8H2,(H,18,19). The molecule has 0 bridgehead atoms. The molecule has 2 aromatic carbocycles. The minimum atomic E-state index is -1.02. The second kappa shape index (κ2) is 6.08. The molecule has 3 nitrogen and oxygen atoms in total. The van der Waals surface area contributed by atoms with Crippen molar-refractivity contribution in [3.63, 3.8) is 0 Å². The van der Waals surface area contributed by atoms with Gasteiger partial charge in [-0.1, -0.05) is 39.7 Å². The van der Waals surface area contributed by atoms with E-state index < -0.39 is 5.97 Å². The summed E-state index contributed by atoms with van der Waals surface area (Å²) in [5.41, 5.74) is 2.02. The van der Waals surface area contributed by atoms with Gasteiger partial charge in [0.2, 0.25) is 0 Å². The van der Waals surface area contributed by atoms with E-state index >= 15 is 0 Å². The molecule has 0 aliphatic rings. The number of rotatable bonds is 4. The maximum Gasteiger partial charge on any atom is 0.337 e. The van der Waals surface area contributed by atoms with Crippen LogP contribution in [-0.2, 0) is 6.54 Å². The third kappa shape index (κ3) is 3.72. The third-order valence-electron chi connectivity index (χ3n) is 2.61. The molecule has 98 valence electrons. The molecular formula is C14H11BrClNO2. The number of nitrogens with one attached hydrogen (secondary N) is 1. The molecule has 5 heteroatoms. The second-order valence-corrected chi connectivity index (χ2v) is 5.30. The fourth-order valence-electron chi connectivity index (χ4n) is 1.60. The molecule has 0 fully saturated rings. The summed E-state index contributed by atoms with van der Waals surface area (Å²) in [5, 5.41) is 12.3. The Bertz CT molecular complexity index is 599. The summed E-state index contributed by atoms with van der Waals surface area (Å²) in [4.78, 5) is 10.8. The fourth-order valence-corrected chi connectivity index (χ4v) is 2.13. The fraction of sp³-hybridized carbons (Fsp3) is 0.0714. The van der Waals surface area contributed by atoms with Crippen LogP contribution in [0.2, 0.25) is 5.02 Å². The van der Waals surface area contributed by atoms with Crippen molar-refractivity contribution >= 4 is 39.2 Å². The van der Waals surface area contributed by atoms with Crippen molar-refractivity contribution in [1.29, 1.82) is 0 Å². The molecule has 0 unspecified atom stereocenters. The van der Waals surface area contributed by atoms with Gasteiger partial charge in [-0.05, 0) is 35.9 Å². The Morgan fingerprint density at radius 1 is 1.21 bits per heavy atom. The van der Waals surface area contributed by atoms with Crippen LogP contribution in [0.5, 0.6) is 0 Å². The quantitative estimate of drug-likeness (QED) is 0.866. The van der Waals surface area contributed by atoms with E-state index in [4.69, 9.17) is 16.7 Å². The number of anilines is 1. The van der Waals surface area contributed by atoms with Gasteiger partial charge in [0, 0.05) is 16.7 Å². The molecule has 2 N–H and O–H groups in total. The first kappa shape index (κ1) is 13.9. The van der Waals surface area contributed by atoms with Gasteiger partial charge < -0.3 is 10.4 Å². The largest absolute Gasteiger partial charge is 0.478 e. The molecule has 19 heavy (non-hydrogen) atoms. The van der Waals surface area contributed by atoms with E-state index in [-0.39, 0.29) is 10.6 Å². The lowest BCUT2D eigenvalue weighted by Crippen LogP contribution is -2.01. The van der Waals surface area contributed by atoms with Crippen molar-refractivity contribution in [3.05, 3.63) is 63.1 Å². The van der Waals surface area contributed by atoms with Crippen molar-refractivity contribution in [2.45, 2.75) is 6.54 Å². The van der Waals surface area contributed by atoms with E-state index in [9.17, 15) is 4.79 Å². The van der Waals surface area contributed by atoms with E-state index in [1.54, 1.807) is 12.1 Å². The first-order valence-corrected chi connectivity index (χ1v) is 6.74. The Balaban J connectivity index is 2.06. The molecule has 0 aliphatic heterocycles. The summed E-state index contributed by atoms with van der Waals surface area (Å²) in [6, 6.07) is 12.8. The van der Waals surface area contributed by atoms with Crippen molar-refractivity contribution < 1.29 is 9.90 Å². The van der Waals surface area contributed by atoms with Gasteiger partial charge in [0.05, 0.1) is 10.6 Å². The van der Waals surface area contributed by atoms with Crippen molar-refractivity contribution in [2.75, 3.05) is 5.32 Å². The molecule has 0 saturated heterocycles. The van der Waals surface area contributed by atoms with Crippen LogP contribution in [0, 0.1) is 0 Å². The summed E-state index contributed by atoms with van der Waals surface area (Å²) >= 11 is 9.28. The maximum absolute atomic E-state index is 10.8. The molecule has 0 radical (unpaired) electrons. The molecule has 2 rings (SSSR count). The zero-order chi connectivity index (χ0) is 13.8. The Hall–Kier alpha value is -1.52. The topological polar surface area (TPSA) is 49.3 Å². The first-order chi connectivity index (χ1) is 9.06. The van der Waals surface area contributed by atoms with E-state index in [0.29, 0.717) is 6.54 Å². The molecule has 2 aromatic rings. The van der Waals surface area contributed by atoms with E-state index in [0.717, 1.165) is 15.7 Å². The summed E-state index contributed by atoms with van der Waals surface area (Å²) in [6.07, 6.45) is 0. The Labute approximate surface area is 124 Å². The normalized spacial score (nSPS) is 10.2. The number of carbonyl (C=O) groups is 1. The summed E-state index contributed by atoms with van der Waals surface area (Å²) in [7, 11) is 0. The zero-order valence-electron chi connectivity index (χ0n) is 9.86. The predicted molar refractivity (Wildman–Crippen MR) is 79.9 cm³/mol. The molecule has 0 amide bonds. The number of benzene rings is 2. The molecule has 0 aliphatic carbocycles. The number of hydrogen-bond acceptors (Lipinski definition) is 2. The van der Waals surface area contributed by atoms with Crippen LogP contribution in [0.1, 0.15) is 15.9 Å². The SMILES string of the molecule is O=C(O)c1ccc(NCc2ccc(Br)cc2)cc1Cl. The molecule has 0 aromatic heterocycles. The van der Waals surface area contributed by atoms with Crippen molar-refractivity contribution in [3.8, 4) is 0 Å². The Kier molecular flexibility index (Phi) is 4.45. The average molecular weight is 341 g/mol. The van der Waals surface area contributed by atoms with Crippen molar-refractivity contribution in [1.82, 2.24) is 0 Å². The van der Waals surface area contributed by atoms with Crippen LogP contribution in [0.25, 0.3) is 0 Å². The minimum absolute atomic E-state index is 0.107. The summed E-state index contributed by atoms with van der Waals surface area (Å²) in [5.74, 6) is -1.02. The lowest BCUT2D eigenvalue weighted by atomic mass is 10.2. The first-order valence-electron chi connectivity index (χ1n) is 5.57. The van der Waals surface area contributed by atoms with Gasteiger partial charge >= 0.3 is 5.97 Å².